The van der Waals surface area contributed by atoms with Crippen LogP contribution in [-0.2, 0) is 21.2 Å². The van der Waals surface area contributed by atoms with Gasteiger partial charge in [0.15, 0.2) is 15.5 Å². The van der Waals surface area contributed by atoms with Crippen LogP contribution in [0.15, 0.2) is 47.7 Å². The highest BCUT2D eigenvalue weighted by atomic mass is 32.2. The molecule has 1 aliphatic heterocycles. The Hall–Kier alpha value is -3.01. The number of carbonyl (C=O) groups excluding carboxylic acids is 1. The molecule has 0 bridgehead atoms. The van der Waals surface area contributed by atoms with E-state index >= 15 is 0 Å². The van der Waals surface area contributed by atoms with Gasteiger partial charge in [-0.3, -0.25) is 14.2 Å². The van der Waals surface area contributed by atoms with Crippen molar-refractivity contribution < 1.29 is 13.2 Å². The fraction of sp³-hybridized carbons (Fsp3) is 0.294. The molecule has 27 heavy (non-hydrogen) atoms. The summed E-state index contributed by atoms with van der Waals surface area (Å²) in [5.41, 5.74) is 0.804. The predicted molar refractivity (Wildman–Crippen MR) is 98.3 cm³/mol. The van der Waals surface area contributed by atoms with Crippen molar-refractivity contribution >= 4 is 26.8 Å². The third-order valence-corrected chi connectivity index (χ3v) is 6.23. The molecule has 0 saturated carbocycles. The smallest absolute Gasteiger partial charge is 0.264 e. The van der Waals surface area contributed by atoms with Gasteiger partial charge in [-0.25, -0.2) is 18.1 Å². The summed E-state index contributed by atoms with van der Waals surface area (Å²) in [4.78, 5) is 29.1. The molecule has 0 aliphatic carbocycles. The standard InChI is InChI=1S/C17H17N5O4S/c23-15(20-12-6-7-27(25,26)10-12)9-21-11-18-16-14(17(21)24)8-19-22(16)13-4-2-1-3-5-13/h1-5,8,11-12H,6-7,9-10H2,(H,20,23)/t12-/m1/s1. The Balaban J connectivity index is 1.56. The van der Waals surface area contributed by atoms with Crippen LogP contribution in [0.1, 0.15) is 6.42 Å². The number of hydrogen-bond donors (Lipinski definition) is 1. The topological polar surface area (TPSA) is 116 Å². The predicted octanol–water partition coefficient (Wildman–Crippen LogP) is -0.115. The van der Waals surface area contributed by atoms with E-state index in [0.717, 1.165) is 5.69 Å². The molecule has 1 saturated heterocycles. The van der Waals surface area contributed by atoms with Crippen molar-refractivity contribution in [2.75, 3.05) is 11.5 Å². The van der Waals surface area contributed by atoms with Crippen molar-refractivity contribution in [3.8, 4) is 5.69 Å². The molecule has 10 heteroatoms. The minimum atomic E-state index is -3.08. The van der Waals surface area contributed by atoms with Gasteiger partial charge in [0.25, 0.3) is 5.56 Å². The van der Waals surface area contributed by atoms with Crippen molar-refractivity contribution in [3.05, 3.63) is 53.2 Å². The average molecular weight is 387 g/mol. The number of amides is 1. The fourth-order valence-electron chi connectivity index (χ4n) is 3.16. The van der Waals surface area contributed by atoms with Gasteiger partial charge in [0.2, 0.25) is 5.91 Å². The second kappa shape index (κ2) is 6.62. The van der Waals surface area contributed by atoms with Gasteiger partial charge < -0.3 is 5.32 Å². The minimum Gasteiger partial charge on any atom is -0.351 e. The summed E-state index contributed by atoms with van der Waals surface area (Å²) in [5.74, 6) is -0.408. The number of hydrogen-bond acceptors (Lipinski definition) is 6. The van der Waals surface area contributed by atoms with E-state index in [9.17, 15) is 18.0 Å². The van der Waals surface area contributed by atoms with Gasteiger partial charge in [-0.15, -0.1) is 0 Å². The molecule has 9 nitrogen and oxygen atoms in total. The Bertz CT molecular complexity index is 1170. The quantitative estimate of drug-likeness (QED) is 0.668. The van der Waals surface area contributed by atoms with E-state index in [-0.39, 0.29) is 23.6 Å². The summed E-state index contributed by atoms with van der Waals surface area (Å²) in [6.07, 6.45) is 3.12. The lowest BCUT2D eigenvalue weighted by Crippen LogP contribution is -2.39. The van der Waals surface area contributed by atoms with Crippen molar-refractivity contribution in [2.24, 2.45) is 0 Å². The van der Waals surface area contributed by atoms with Crippen molar-refractivity contribution in [1.29, 1.82) is 0 Å². The molecule has 0 radical (unpaired) electrons. The Morgan fingerprint density at radius 2 is 2.04 bits per heavy atom. The minimum absolute atomic E-state index is 0.0607. The first-order valence-corrected chi connectivity index (χ1v) is 10.2. The molecule has 1 amide bonds. The number of sulfone groups is 1. The monoisotopic (exact) mass is 387 g/mol. The third kappa shape index (κ3) is 3.47. The van der Waals surface area contributed by atoms with Crippen LogP contribution in [0.25, 0.3) is 16.7 Å². The zero-order chi connectivity index (χ0) is 19.0. The van der Waals surface area contributed by atoms with Crippen LogP contribution < -0.4 is 10.9 Å². The highest BCUT2D eigenvalue weighted by molar-refractivity contribution is 7.91. The highest BCUT2D eigenvalue weighted by Crippen LogP contribution is 2.13. The molecule has 0 unspecified atom stereocenters. The van der Waals surface area contributed by atoms with Gasteiger partial charge in [-0.1, -0.05) is 18.2 Å². The van der Waals surface area contributed by atoms with Gasteiger partial charge >= 0.3 is 0 Å². The fourth-order valence-corrected chi connectivity index (χ4v) is 4.83. The normalized spacial score (nSPS) is 18.6. The summed E-state index contributed by atoms with van der Waals surface area (Å²) in [6.45, 7) is -0.227. The largest absolute Gasteiger partial charge is 0.351 e. The molecule has 1 N–H and O–H groups in total. The van der Waals surface area contributed by atoms with Gasteiger partial charge in [0.1, 0.15) is 18.3 Å². The summed E-state index contributed by atoms with van der Waals surface area (Å²) in [6, 6.07) is 8.89. The molecule has 3 heterocycles. The number of carbonyl (C=O) groups is 1. The van der Waals surface area contributed by atoms with Gasteiger partial charge in [-0.05, 0) is 18.6 Å². The molecule has 2 aromatic heterocycles. The number of rotatable bonds is 4. The molecular weight excluding hydrogens is 370 g/mol. The van der Waals surface area contributed by atoms with Gasteiger partial charge in [-0.2, -0.15) is 5.10 Å². The summed E-state index contributed by atoms with van der Waals surface area (Å²) < 4.78 is 25.7. The van der Waals surface area contributed by atoms with Crippen LogP contribution in [0.4, 0.5) is 0 Å². The van der Waals surface area contributed by atoms with Crippen LogP contribution in [0.5, 0.6) is 0 Å². The molecular formula is C17H17N5O4S. The Kier molecular flexibility index (Phi) is 4.27. The van der Waals surface area contributed by atoms with Gasteiger partial charge in [0.05, 0.1) is 23.4 Å². The number of nitrogens with one attached hydrogen (secondary N) is 1. The van der Waals surface area contributed by atoms with Crippen LogP contribution in [0.3, 0.4) is 0 Å². The lowest BCUT2D eigenvalue weighted by molar-refractivity contribution is -0.122. The zero-order valence-corrected chi connectivity index (χ0v) is 15.1. The molecule has 1 atom stereocenters. The zero-order valence-electron chi connectivity index (χ0n) is 14.3. The Morgan fingerprint density at radius 1 is 1.26 bits per heavy atom. The lowest BCUT2D eigenvalue weighted by Gasteiger charge is -2.11. The number of aromatic nitrogens is 4. The average Bonchev–Trinajstić information content (AvgIpc) is 3.21. The van der Waals surface area contributed by atoms with E-state index in [1.807, 2.05) is 30.3 Å². The van der Waals surface area contributed by atoms with Crippen molar-refractivity contribution in [1.82, 2.24) is 24.6 Å². The SMILES string of the molecule is O=C(Cn1cnc2c(cnn2-c2ccccc2)c1=O)N[C@@H]1CCS(=O)(=O)C1. The van der Waals surface area contributed by atoms with Crippen LogP contribution in [0.2, 0.25) is 0 Å². The first kappa shape index (κ1) is 17.4. The molecule has 4 rings (SSSR count). The van der Waals surface area contributed by atoms with Crippen LogP contribution in [-0.4, -0.2) is 51.2 Å². The Labute approximate surface area is 154 Å². The maximum Gasteiger partial charge on any atom is 0.264 e. The van der Waals surface area contributed by atoms with E-state index in [1.165, 1.54) is 17.1 Å². The summed E-state index contributed by atoms with van der Waals surface area (Å²) >= 11 is 0. The first-order chi connectivity index (χ1) is 12.9. The van der Waals surface area contributed by atoms with E-state index in [1.54, 1.807) is 4.68 Å². The number of fused-ring (bicyclic) bond motifs is 1. The second-order valence-corrected chi connectivity index (χ2v) is 8.70. The molecule has 140 valence electrons. The van der Waals surface area contributed by atoms with Gasteiger partial charge in [0, 0.05) is 6.04 Å². The maximum absolute atomic E-state index is 12.6. The van der Waals surface area contributed by atoms with Crippen LogP contribution >= 0.6 is 0 Å². The molecule has 1 aromatic carbocycles. The maximum atomic E-state index is 12.6. The van der Waals surface area contributed by atoms with Crippen LogP contribution in [0, 0.1) is 0 Å². The summed E-state index contributed by atoms with van der Waals surface area (Å²) in [7, 11) is -3.08. The van der Waals surface area contributed by atoms with Crippen molar-refractivity contribution in [2.45, 2.75) is 19.0 Å². The highest BCUT2D eigenvalue weighted by Gasteiger charge is 2.29. The molecule has 0 spiro atoms. The number of benzene rings is 1. The molecule has 1 aliphatic rings. The Morgan fingerprint density at radius 3 is 2.74 bits per heavy atom. The van der Waals surface area contributed by atoms with E-state index in [2.05, 4.69) is 15.4 Å². The molecule has 1 fully saturated rings. The third-order valence-electron chi connectivity index (χ3n) is 4.47. The summed E-state index contributed by atoms with van der Waals surface area (Å²) in [5, 5.41) is 7.19. The van der Waals surface area contributed by atoms with E-state index in [4.69, 9.17) is 0 Å². The number of nitrogens with zero attached hydrogens (tertiary/aromatic N) is 4. The van der Waals surface area contributed by atoms with Crippen molar-refractivity contribution in [3.63, 3.8) is 0 Å². The number of para-hydroxylation sites is 1. The first-order valence-electron chi connectivity index (χ1n) is 8.41. The molecule has 3 aromatic rings. The second-order valence-electron chi connectivity index (χ2n) is 6.47. The van der Waals surface area contributed by atoms with E-state index in [0.29, 0.717) is 17.5 Å². The lowest BCUT2D eigenvalue weighted by atomic mass is 10.2. The van der Waals surface area contributed by atoms with E-state index < -0.39 is 21.8 Å².